The lowest BCUT2D eigenvalue weighted by Crippen LogP contribution is -2.25. The van der Waals surface area contributed by atoms with E-state index in [9.17, 15) is 9.59 Å². The fourth-order valence-corrected chi connectivity index (χ4v) is 3.75. The lowest BCUT2D eigenvalue weighted by Gasteiger charge is -2.16. The van der Waals surface area contributed by atoms with Gasteiger partial charge in [-0.3, -0.25) is 9.59 Å². The molecular formula is C20H21ClN2O2S. The Labute approximate surface area is 162 Å². The number of hydrogen-bond acceptors (Lipinski definition) is 3. The smallest absolute Gasteiger partial charge is 0.230 e. The van der Waals surface area contributed by atoms with Gasteiger partial charge < -0.3 is 10.2 Å². The number of benzene rings is 2. The highest BCUT2D eigenvalue weighted by Crippen LogP contribution is 2.21. The van der Waals surface area contributed by atoms with E-state index in [1.807, 2.05) is 53.4 Å². The molecule has 2 aromatic rings. The van der Waals surface area contributed by atoms with Gasteiger partial charge in [0, 0.05) is 36.0 Å². The summed E-state index contributed by atoms with van der Waals surface area (Å²) in [6, 6.07) is 15.5. The molecule has 4 nitrogen and oxygen atoms in total. The van der Waals surface area contributed by atoms with E-state index in [1.54, 1.807) is 11.8 Å². The Balaban J connectivity index is 1.40. The van der Waals surface area contributed by atoms with Crippen molar-refractivity contribution in [2.75, 3.05) is 17.2 Å². The van der Waals surface area contributed by atoms with Crippen molar-refractivity contribution in [1.82, 2.24) is 5.32 Å². The van der Waals surface area contributed by atoms with Gasteiger partial charge in [0.1, 0.15) is 0 Å². The summed E-state index contributed by atoms with van der Waals surface area (Å²) in [7, 11) is 0. The molecule has 1 fully saturated rings. The fourth-order valence-electron chi connectivity index (χ4n) is 2.81. The summed E-state index contributed by atoms with van der Waals surface area (Å²) < 4.78 is 0. The average Bonchev–Trinajstić information content (AvgIpc) is 3.08. The number of nitrogens with zero attached hydrogens (tertiary/aromatic N) is 1. The molecule has 0 aromatic heterocycles. The van der Waals surface area contributed by atoms with Gasteiger partial charge in [0.15, 0.2) is 0 Å². The molecular weight excluding hydrogens is 368 g/mol. The van der Waals surface area contributed by atoms with Crippen molar-refractivity contribution < 1.29 is 9.59 Å². The summed E-state index contributed by atoms with van der Waals surface area (Å²) in [6.07, 6.45) is 1.55. The highest BCUT2D eigenvalue weighted by atomic mass is 35.5. The third kappa shape index (κ3) is 5.26. The average molecular weight is 389 g/mol. The number of anilines is 1. The standard InChI is InChI=1S/C20H21ClN2O2S/c21-17-7-3-16(4-8-17)13-26-14-19(24)22-12-15-5-9-18(10-6-15)23-11-1-2-20(23)25/h3-10H,1-2,11-14H2,(H,22,24). The zero-order chi connectivity index (χ0) is 18.4. The summed E-state index contributed by atoms with van der Waals surface area (Å²) in [5.41, 5.74) is 3.11. The quantitative estimate of drug-likeness (QED) is 0.779. The van der Waals surface area contributed by atoms with Gasteiger partial charge >= 0.3 is 0 Å². The fraction of sp³-hybridized carbons (Fsp3) is 0.300. The van der Waals surface area contributed by atoms with E-state index < -0.39 is 0 Å². The normalized spacial score (nSPS) is 13.9. The summed E-state index contributed by atoms with van der Waals surface area (Å²) >= 11 is 7.43. The Bertz CT molecular complexity index is 762. The molecule has 2 aromatic carbocycles. The predicted molar refractivity (Wildman–Crippen MR) is 107 cm³/mol. The van der Waals surface area contributed by atoms with Gasteiger partial charge in [0.25, 0.3) is 0 Å². The van der Waals surface area contributed by atoms with Gasteiger partial charge in [-0.05, 0) is 41.8 Å². The third-order valence-corrected chi connectivity index (χ3v) is 5.48. The maximum absolute atomic E-state index is 12.0. The van der Waals surface area contributed by atoms with Crippen molar-refractivity contribution in [2.24, 2.45) is 0 Å². The van der Waals surface area contributed by atoms with Crippen LogP contribution in [0.3, 0.4) is 0 Å². The van der Waals surface area contributed by atoms with Crippen LogP contribution in [0.5, 0.6) is 0 Å². The predicted octanol–water partition coefficient (Wildman–Crippen LogP) is 4.02. The van der Waals surface area contributed by atoms with Gasteiger partial charge in [-0.25, -0.2) is 0 Å². The molecule has 0 radical (unpaired) electrons. The van der Waals surface area contributed by atoms with Crippen LogP contribution in [0.4, 0.5) is 5.69 Å². The molecule has 0 spiro atoms. The number of nitrogens with one attached hydrogen (secondary N) is 1. The number of thioether (sulfide) groups is 1. The molecule has 136 valence electrons. The highest BCUT2D eigenvalue weighted by Gasteiger charge is 2.21. The van der Waals surface area contributed by atoms with Crippen molar-refractivity contribution in [3.8, 4) is 0 Å². The van der Waals surface area contributed by atoms with Crippen molar-refractivity contribution in [3.63, 3.8) is 0 Å². The Morgan fingerprint density at radius 2 is 1.77 bits per heavy atom. The molecule has 1 aliphatic heterocycles. The molecule has 26 heavy (non-hydrogen) atoms. The van der Waals surface area contributed by atoms with E-state index >= 15 is 0 Å². The second-order valence-corrected chi connectivity index (χ2v) is 7.63. The zero-order valence-electron chi connectivity index (χ0n) is 14.4. The third-order valence-electron chi connectivity index (χ3n) is 4.23. The van der Waals surface area contributed by atoms with E-state index in [4.69, 9.17) is 11.6 Å². The second-order valence-electron chi connectivity index (χ2n) is 6.21. The molecule has 0 bridgehead atoms. The molecule has 0 aliphatic carbocycles. The molecule has 0 unspecified atom stereocenters. The maximum atomic E-state index is 12.0. The van der Waals surface area contributed by atoms with Crippen LogP contribution in [0.2, 0.25) is 5.02 Å². The van der Waals surface area contributed by atoms with Gasteiger partial charge in [-0.2, -0.15) is 0 Å². The van der Waals surface area contributed by atoms with Crippen LogP contribution < -0.4 is 10.2 Å². The van der Waals surface area contributed by atoms with Gasteiger partial charge in [0.2, 0.25) is 11.8 Å². The lowest BCUT2D eigenvalue weighted by atomic mass is 10.2. The first-order valence-corrected chi connectivity index (χ1v) is 10.1. The summed E-state index contributed by atoms with van der Waals surface area (Å²) in [5.74, 6) is 1.40. The topological polar surface area (TPSA) is 49.4 Å². The van der Waals surface area contributed by atoms with Crippen LogP contribution in [-0.2, 0) is 21.9 Å². The molecule has 1 aliphatic rings. The molecule has 3 rings (SSSR count). The zero-order valence-corrected chi connectivity index (χ0v) is 16.0. The van der Waals surface area contributed by atoms with E-state index in [0.29, 0.717) is 18.7 Å². The van der Waals surface area contributed by atoms with Crippen LogP contribution in [0.1, 0.15) is 24.0 Å². The molecule has 2 amide bonds. The number of halogens is 1. The van der Waals surface area contributed by atoms with E-state index in [0.717, 1.165) is 40.6 Å². The number of hydrogen-bond donors (Lipinski definition) is 1. The van der Waals surface area contributed by atoms with Gasteiger partial charge in [-0.15, -0.1) is 11.8 Å². The molecule has 6 heteroatoms. The summed E-state index contributed by atoms with van der Waals surface area (Å²) in [5, 5.41) is 3.65. The first-order chi connectivity index (χ1) is 12.6. The highest BCUT2D eigenvalue weighted by molar-refractivity contribution is 7.99. The molecule has 1 N–H and O–H groups in total. The van der Waals surface area contributed by atoms with Crippen molar-refractivity contribution in [1.29, 1.82) is 0 Å². The maximum Gasteiger partial charge on any atom is 0.230 e. The van der Waals surface area contributed by atoms with Crippen molar-refractivity contribution in [3.05, 3.63) is 64.7 Å². The SMILES string of the molecule is O=C(CSCc1ccc(Cl)cc1)NCc1ccc(N2CCCC2=O)cc1. The Morgan fingerprint density at radius 3 is 2.42 bits per heavy atom. The van der Waals surface area contributed by atoms with Crippen molar-refractivity contribution >= 4 is 40.9 Å². The minimum atomic E-state index is 0.0164. The first-order valence-electron chi connectivity index (χ1n) is 8.60. The minimum Gasteiger partial charge on any atom is -0.351 e. The first kappa shape index (κ1) is 18.8. The lowest BCUT2D eigenvalue weighted by molar-refractivity contribution is -0.119. The van der Waals surface area contributed by atoms with Crippen molar-refractivity contribution in [2.45, 2.75) is 25.1 Å². The Morgan fingerprint density at radius 1 is 1.08 bits per heavy atom. The number of carbonyl (C=O) groups is 2. The number of amides is 2. The minimum absolute atomic E-state index is 0.0164. The largest absolute Gasteiger partial charge is 0.351 e. The molecule has 1 saturated heterocycles. The van der Waals surface area contributed by atoms with Crippen LogP contribution >= 0.6 is 23.4 Å². The van der Waals surface area contributed by atoms with Gasteiger partial charge in [-0.1, -0.05) is 35.9 Å². The number of rotatable bonds is 7. The summed E-state index contributed by atoms with van der Waals surface area (Å²) in [6.45, 7) is 1.29. The van der Waals surface area contributed by atoms with E-state index in [1.165, 1.54) is 0 Å². The molecule has 0 saturated carbocycles. The van der Waals surface area contributed by atoms with Gasteiger partial charge in [0.05, 0.1) is 5.75 Å². The Kier molecular flexibility index (Phi) is 6.58. The van der Waals surface area contributed by atoms with E-state index in [-0.39, 0.29) is 11.8 Å². The molecule has 0 atom stereocenters. The van der Waals surface area contributed by atoms with Crippen LogP contribution in [0.15, 0.2) is 48.5 Å². The van der Waals surface area contributed by atoms with Crippen LogP contribution in [0, 0.1) is 0 Å². The van der Waals surface area contributed by atoms with Crippen LogP contribution in [-0.4, -0.2) is 24.1 Å². The van der Waals surface area contributed by atoms with E-state index in [2.05, 4.69) is 5.32 Å². The monoisotopic (exact) mass is 388 g/mol. The van der Waals surface area contributed by atoms with Crippen LogP contribution in [0.25, 0.3) is 0 Å². The Hall–Kier alpha value is -1.98. The number of carbonyl (C=O) groups excluding carboxylic acids is 2. The molecule has 1 heterocycles. The summed E-state index contributed by atoms with van der Waals surface area (Å²) in [4.78, 5) is 25.5. The second kappa shape index (κ2) is 9.10.